The van der Waals surface area contributed by atoms with Crippen LogP contribution in [0.1, 0.15) is 41.5 Å². The summed E-state index contributed by atoms with van der Waals surface area (Å²) < 4.78 is 0. The van der Waals surface area contributed by atoms with Gasteiger partial charge in [0.15, 0.2) is 0 Å². The quantitative estimate of drug-likeness (QED) is 0.823. The lowest BCUT2D eigenvalue weighted by Gasteiger charge is -2.35. The second-order valence-electron chi connectivity index (χ2n) is 6.87. The van der Waals surface area contributed by atoms with E-state index in [9.17, 15) is 20.1 Å². The first-order valence-electron chi connectivity index (χ1n) is 7.87. The van der Waals surface area contributed by atoms with Crippen LogP contribution in [-0.2, 0) is 9.59 Å². The highest BCUT2D eigenvalue weighted by Crippen LogP contribution is 2.41. The molecule has 1 N–H and O–H groups in total. The molecule has 0 fully saturated rings. The van der Waals surface area contributed by atoms with E-state index in [2.05, 4.69) is 11.4 Å². The van der Waals surface area contributed by atoms with Crippen molar-refractivity contribution in [1.82, 2.24) is 10.2 Å². The molecule has 0 saturated heterocycles. The molecule has 0 aliphatic carbocycles. The Hall–Kier alpha value is -1.99. The van der Waals surface area contributed by atoms with E-state index >= 15 is 0 Å². The van der Waals surface area contributed by atoms with E-state index in [1.165, 1.54) is 0 Å². The van der Waals surface area contributed by atoms with Crippen LogP contribution in [0.15, 0.2) is 10.6 Å². The lowest BCUT2D eigenvalue weighted by atomic mass is 9.72. The van der Waals surface area contributed by atoms with Gasteiger partial charge in [-0.3, -0.25) is 9.59 Å². The highest BCUT2D eigenvalue weighted by molar-refractivity contribution is 8.03. The first kappa shape index (κ1) is 20.1. The van der Waals surface area contributed by atoms with Gasteiger partial charge < -0.3 is 10.2 Å². The maximum absolute atomic E-state index is 12.5. The van der Waals surface area contributed by atoms with Gasteiger partial charge in [0.05, 0.1) is 28.5 Å². The fourth-order valence-corrected chi connectivity index (χ4v) is 3.96. The number of amides is 2. The van der Waals surface area contributed by atoms with E-state index in [1.54, 1.807) is 18.7 Å². The number of thioether (sulfide) groups is 1. The van der Waals surface area contributed by atoms with E-state index in [4.69, 9.17) is 0 Å². The lowest BCUT2D eigenvalue weighted by Crippen LogP contribution is -2.45. The normalized spacial score (nSPS) is 19.8. The summed E-state index contributed by atoms with van der Waals surface area (Å²) in [5.41, 5.74) is -0.542. The SMILES string of the molecule is CC(C)N(C(=O)CSC1=C(C#N)C(C)(C)C(C#N)C(=O)N1)C(C)C. The number of carbonyl (C=O) groups excluding carboxylic acids is 2. The number of allylic oxidation sites excluding steroid dienone is 1. The molecule has 1 atom stereocenters. The highest BCUT2D eigenvalue weighted by Gasteiger charge is 2.44. The zero-order valence-corrected chi connectivity index (χ0v) is 15.8. The third-order valence-corrected chi connectivity index (χ3v) is 5.06. The molecule has 1 heterocycles. The molecule has 1 aliphatic rings. The Morgan fingerprint density at radius 3 is 2.25 bits per heavy atom. The molecule has 1 unspecified atom stereocenters. The number of rotatable bonds is 5. The summed E-state index contributed by atoms with van der Waals surface area (Å²) in [6, 6.07) is 4.20. The third-order valence-electron chi connectivity index (χ3n) is 4.07. The summed E-state index contributed by atoms with van der Waals surface area (Å²) in [5, 5.41) is 21.7. The molecule has 0 saturated carbocycles. The maximum atomic E-state index is 12.5. The van der Waals surface area contributed by atoms with Crippen LogP contribution < -0.4 is 5.32 Å². The van der Waals surface area contributed by atoms with Crippen LogP contribution in [0.4, 0.5) is 0 Å². The van der Waals surface area contributed by atoms with E-state index in [1.807, 2.05) is 33.8 Å². The standard InChI is InChI=1S/C17H24N4O2S/c1-10(2)21(11(3)4)14(22)9-24-16-13(8-19)17(5,6)12(7-18)15(23)20-16/h10-12H,9H2,1-6H3,(H,20,23). The zero-order chi connectivity index (χ0) is 18.7. The van der Waals surface area contributed by atoms with Gasteiger partial charge in [0.25, 0.3) is 0 Å². The molecule has 6 nitrogen and oxygen atoms in total. The summed E-state index contributed by atoms with van der Waals surface area (Å²) in [6.45, 7) is 11.2. The Kier molecular flexibility index (Phi) is 6.45. The van der Waals surface area contributed by atoms with Gasteiger partial charge in [-0.1, -0.05) is 25.6 Å². The number of nitrogens with zero attached hydrogens (tertiary/aromatic N) is 3. The predicted molar refractivity (Wildman–Crippen MR) is 93.2 cm³/mol. The Morgan fingerprint density at radius 2 is 1.83 bits per heavy atom. The van der Waals surface area contributed by atoms with Crippen molar-refractivity contribution >= 4 is 23.6 Å². The number of carbonyl (C=O) groups is 2. The van der Waals surface area contributed by atoms with Crippen LogP contribution in [-0.4, -0.2) is 34.6 Å². The van der Waals surface area contributed by atoms with Gasteiger partial charge in [0, 0.05) is 17.5 Å². The molecule has 0 spiro atoms. The topological polar surface area (TPSA) is 97.0 Å². The van der Waals surface area contributed by atoms with Crippen LogP contribution in [0, 0.1) is 34.0 Å². The van der Waals surface area contributed by atoms with Crippen LogP contribution in [0.3, 0.4) is 0 Å². The van der Waals surface area contributed by atoms with Crippen molar-refractivity contribution in [2.24, 2.45) is 11.3 Å². The van der Waals surface area contributed by atoms with Crippen molar-refractivity contribution < 1.29 is 9.59 Å². The van der Waals surface area contributed by atoms with Gasteiger partial charge in [0.1, 0.15) is 5.92 Å². The van der Waals surface area contributed by atoms with Gasteiger partial charge >= 0.3 is 0 Å². The highest BCUT2D eigenvalue weighted by atomic mass is 32.2. The molecule has 1 aliphatic heterocycles. The first-order valence-corrected chi connectivity index (χ1v) is 8.85. The molecular weight excluding hydrogens is 324 g/mol. The molecule has 0 aromatic heterocycles. The van der Waals surface area contributed by atoms with Crippen LogP contribution in [0.25, 0.3) is 0 Å². The van der Waals surface area contributed by atoms with Gasteiger partial charge in [-0.15, -0.1) is 0 Å². The molecular formula is C17H24N4O2S. The van der Waals surface area contributed by atoms with Crippen LogP contribution in [0.5, 0.6) is 0 Å². The molecule has 7 heteroatoms. The average Bonchev–Trinajstić information content (AvgIpc) is 2.43. The fourth-order valence-electron chi connectivity index (χ4n) is 2.92. The van der Waals surface area contributed by atoms with E-state index in [0.717, 1.165) is 11.8 Å². The third kappa shape index (κ3) is 3.91. The second kappa shape index (κ2) is 7.72. The fraction of sp³-hybridized carbons (Fsp3) is 0.647. The van der Waals surface area contributed by atoms with Crippen molar-refractivity contribution in [2.45, 2.75) is 53.6 Å². The molecule has 0 bridgehead atoms. The van der Waals surface area contributed by atoms with E-state index in [0.29, 0.717) is 10.6 Å². The number of hydrogen-bond donors (Lipinski definition) is 1. The van der Waals surface area contributed by atoms with Crippen LogP contribution >= 0.6 is 11.8 Å². The number of nitrogens with one attached hydrogen (secondary N) is 1. The monoisotopic (exact) mass is 348 g/mol. The minimum atomic E-state index is -0.921. The summed E-state index contributed by atoms with van der Waals surface area (Å²) in [6.07, 6.45) is 0. The largest absolute Gasteiger partial charge is 0.337 e. The molecule has 0 radical (unpaired) electrons. The Morgan fingerprint density at radius 1 is 1.29 bits per heavy atom. The van der Waals surface area contributed by atoms with Gasteiger partial charge in [-0.2, -0.15) is 10.5 Å². The minimum absolute atomic E-state index is 0.0516. The Bertz CT molecular complexity index is 630. The zero-order valence-electron chi connectivity index (χ0n) is 15.0. The average molecular weight is 348 g/mol. The summed E-state index contributed by atoms with van der Waals surface area (Å²) in [7, 11) is 0. The van der Waals surface area contributed by atoms with Crippen molar-refractivity contribution in [2.75, 3.05) is 5.75 Å². The first-order chi connectivity index (χ1) is 11.1. The second-order valence-corrected chi connectivity index (χ2v) is 7.85. The molecule has 130 valence electrons. The molecule has 24 heavy (non-hydrogen) atoms. The van der Waals surface area contributed by atoms with Crippen LogP contribution in [0.2, 0.25) is 0 Å². The maximum Gasteiger partial charge on any atom is 0.243 e. The Balaban J connectivity index is 3.04. The van der Waals surface area contributed by atoms with Crippen molar-refractivity contribution in [3.63, 3.8) is 0 Å². The lowest BCUT2D eigenvalue weighted by molar-refractivity contribution is -0.132. The Labute approximate surface area is 147 Å². The minimum Gasteiger partial charge on any atom is -0.337 e. The number of nitriles is 2. The van der Waals surface area contributed by atoms with Crippen molar-refractivity contribution in [3.05, 3.63) is 10.6 Å². The predicted octanol–water partition coefficient (Wildman–Crippen LogP) is 2.40. The van der Waals surface area contributed by atoms with Gasteiger partial charge in [-0.05, 0) is 27.7 Å². The van der Waals surface area contributed by atoms with E-state index < -0.39 is 17.2 Å². The summed E-state index contributed by atoms with van der Waals surface area (Å²) >= 11 is 1.14. The number of hydrogen-bond acceptors (Lipinski definition) is 5. The van der Waals surface area contributed by atoms with Gasteiger partial charge in [0.2, 0.25) is 11.8 Å². The molecule has 2 amide bonds. The molecule has 0 aromatic rings. The van der Waals surface area contributed by atoms with Crippen molar-refractivity contribution in [1.29, 1.82) is 10.5 Å². The smallest absolute Gasteiger partial charge is 0.243 e. The molecule has 1 rings (SSSR count). The van der Waals surface area contributed by atoms with E-state index in [-0.39, 0.29) is 23.7 Å². The van der Waals surface area contributed by atoms with Gasteiger partial charge in [-0.25, -0.2) is 0 Å². The molecule has 0 aromatic carbocycles. The van der Waals surface area contributed by atoms with Crippen molar-refractivity contribution in [3.8, 4) is 12.1 Å². The summed E-state index contributed by atoms with van der Waals surface area (Å²) in [5.74, 6) is -1.27. The summed E-state index contributed by atoms with van der Waals surface area (Å²) in [4.78, 5) is 26.4.